The van der Waals surface area contributed by atoms with Crippen molar-refractivity contribution < 1.29 is 5.11 Å². The van der Waals surface area contributed by atoms with Gasteiger partial charge in [-0.3, -0.25) is 0 Å². The Labute approximate surface area is 117 Å². The molecule has 0 bridgehead atoms. The van der Waals surface area contributed by atoms with Crippen LogP contribution in [-0.2, 0) is 0 Å². The van der Waals surface area contributed by atoms with Gasteiger partial charge < -0.3 is 10.4 Å². The summed E-state index contributed by atoms with van der Waals surface area (Å²) in [5, 5.41) is 14.2. The second-order valence-electron chi connectivity index (χ2n) is 4.46. The first-order valence-corrected chi connectivity index (χ1v) is 6.58. The van der Waals surface area contributed by atoms with Gasteiger partial charge in [0.1, 0.15) is 11.6 Å². The van der Waals surface area contributed by atoms with Gasteiger partial charge in [0.05, 0.1) is 11.1 Å². The van der Waals surface area contributed by atoms with Crippen molar-refractivity contribution in [2.45, 2.75) is 6.92 Å². The van der Waals surface area contributed by atoms with Gasteiger partial charge in [0.2, 0.25) is 0 Å². The Hall–Kier alpha value is -2.62. The van der Waals surface area contributed by atoms with E-state index in [2.05, 4.69) is 15.3 Å². The van der Waals surface area contributed by atoms with Gasteiger partial charge in [-0.05, 0) is 31.2 Å². The van der Waals surface area contributed by atoms with Crippen LogP contribution in [0.25, 0.3) is 22.3 Å². The zero-order valence-corrected chi connectivity index (χ0v) is 11.2. The molecule has 20 heavy (non-hydrogen) atoms. The van der Waals surface area contributed by atoms with Crippen LogP contribution in [0.1, 0.15) is 6.92 Å². The third-order valence-electron chi connectivity index (χ3n) is 3.09. The lowest BCUT2D eigenvalue weighted by atomic mass is 10.1. The Morgan fingerprint density at radius 2 is 1.75 bits per heavy atom. The summed E-state index contributed by atoms with van der Waals surface area (Å²) in [5.41, 5.74) is 1.49. The Balaban J connectivity index is 2.25. The molecule has 0 aliphatic carbocycles. The molecule has 1 aromatic heterocycles. The number of aromatic hydroxyl groups is 1. The topological polar surface area (TPSA) is 58.0 Å². The highest BCUT2D eigenvalue weighted by Gasteiger charge is 2.11. The van der Waals surface area contributed by atoms with E-state index in [0.717, 1.165) is 23.3 Å². The van der Waals surface area contributed by atoms with E-state index in [4.69, 9.17) is 0 Å². The van der Waals surface area contributed by atoms with E-state index in [1.165, 1.54) is 0 Å². The monoisotopic (exact) mass is 265 g/mol. The van der Waals surface area contributed by atoms with Crippen LogP contribution in [0, 0.1) is 0 Å². The molecule has 2 N–H and O–H groups in total. The lowest BCUT2D eigenvalue weighted by Crippen LogP contribution is -2.02. The molecule has 3 aromatic rings. The van der Waals surface area contributed by atoms with Crippen LogP contribution in [-0.4, -0.2) is 21.6 Å². The van der Waals surface area contributed by atoms with Crippen molar-refractivity contribution in [2.75, 3.05) is 11.9 Å². The maximum absolute atomic E-state index is 9.96. The van der Waals surface area contributed by atoms with E-state index in [0.29, 0.717) is 11.4 Å². The molecule has 0 amide bonds. The summed E-state index contributed by atoms with van der Waals surface area (Å²) in [5.74, 6) is 1.50. The van der Waals surface area contributed by atoms with Crippen LogP contribution in [0.3, 0.4) is 0 Å². The maximum Gasteiger partial charge on any atom is 0.165 e. The molecule has 0 saturated carbocycles. The van der Waals surface area contributed by atoms with Crippen LogP contribution >= 0.6 is 0 Å². The van der Waals surface area contributed by atoms with Crippen LogP contribution in [0.5, 0.6) is 5.75 Å². The third-order valence-corrected chi connectivity index (χ3v) is 3.09. The van der Waals surface area contributed by atoms with Gasteiger partial charge in [0, 0.05) is 11.9 Å². The SMILES string of the molecule is CCNc1nc(-c2ccccc2O)nc2ccccc12. The predicted molar refractivity (Wildman–Crippen MR) is 80.8 cm³/mol. The number of phenols is 1. The molecule has 0 aliphatic rings. The predicted octanol–water partition coefficient (Wildman–Crippen LogP) is 3.43. The molecule has 1 heterocycles. The molecule has 100 valence electrons. The molecular weight excluding hydrogens is 250 g/mol. The minimum atomic E-state index is 0.185. The zero-order chi connectivity index (χ0) is 13.9. The van der Waals surface area contributed by atoms with Crippen LogP contribution in [0.4, 0.5) is 5.82 Å². The quantitative estimate of drug-likeness (QED) is 0.761. The van der Waals surface area contributed by atoms with Crippen molar-refractivity contribution in [3.8, 4) is 17.1 Å². The number of nitrogens with zero attached hydrogens (tertiary/aromatic N) is 2. The van der Waals surface area contributed by atoms with Crippen LogP contribution in [0.2, 0.25) is 0 Å². The molecule has 0 spiro atoms. The van der Waals surface area contributed by atoms with Crippen molar-refractivity contribution >= 4 is 16.7 Å². The number of para-hydroxylation sites is 2. The van der Waals surface area contributed by atoms with E-state index in [1.54, 1.807) is 12.1 Å². The van der Waals surface area contributed by atoms with Gasteiger partial charge in [0.15, 0.2) is 5.82 Å². The number of phenolic OH excluding ortho intramolecular Hbond substituents is 1. The molecule has 0 aliphatic heterocycles. The van der Waals surface area contributed by atoms with E-state index in [1.807, 2.05) is 43.3 Å². The molecular formula is C16H15N3O. The Morgan fingerprint density at radius 1 is 1.00 bits per heavy atom. The highest BCUT2D eigenvalue weighted by Crippen LogP contribution is 2.29. The number of nitrogens with one attached hydrogen (secondary N) is 1. The molecule has 4 heteroatoms. The van der Waals surface area contributed by atoms with Crippen molar-refractivity contribution in [3.63, 3.8) is 0 Å². The minimum Gasteiger partial charge on any atom is -0.507 e. The number of fused-ring (bicyclic) bond motifs is 1. The van der Waals surface area contributed by atoms with Gasteiger partial charge >= 0.3 is 0 Å². The maximum atomic E-state index is 9.96. The van der Waals surface area contributed by atoms with Crippen LogP contribution in [0.15, 0.2) is 48.5 Å². The highest BCUT2D eigenvalue weighted by molar-refractivity contribution is 5.90. The molecule has 0 saturated heterocycles. The minimum absolute atomic E-state index is 0.185. The first-order valence-electron chi connectivity index (χ1n) is 6.58. The van der Waals surface area contributed by atoms with E-state index >= 15 is 0 Å². The van der Waals surface area contributed by atoms with Crippen molar-refractivity contribution in [3.05, 3.63) is 48.5 Å². The summed E-state index contributed by atoms with van der Waals surface area (Å²) in [4.78, 5) is 9.08. The standard InChI is InChI=1S/C16H15N3O/c1-2-17-15-11-7-3-5-9-13(11)18-16(19-15)12-8-4-6-10-14(12)20/h3-10,20H,2H2,1H3,(H,17,18,19). The number of hydrogen-bond donors (Lipinski definition) is 2. The fourth-order valence-corrected chi connectivity index (χ4v) is 2.16. The van der Waals surface area contributed by atoms with Gasteiger partial charge in [0.25, 0.3) is 0 Å². The summed E-state index contributed by atoms with van der Waals surface area (Å²) in [7, 11) is 0. The Kier molecular flexibility index (Phi) is 3.21. The summed E-state index contributed by atoms with van der Waals surface area (Å²) in [6.07, 6.45) is 0. The van der Waals surface area contributed by atoms with Crippen molar-refractivity contribution in [2.24, 2.45) is 0 Å². The summed E-state index contributed by atoms with van der Waals surface area (Å²) >= 11 is 0. The molecule has 0 atom stereocenters. The molecule has 0 fully saturated rings. The summed E-state index contributed by atoms with van der Waals surface area (Å²) < 4.78 is 0. The molecule has 2 aromatic carbocycles. The Morgan fingerprint density at radius 3 is 2.55 bits per heavy atom. The molecule has 0 radical (unpaired) electrons. The first-order chi connectivity index (χ1) is 9.79. The van der Waals surface area contributed by atoms with Gasteiger partial charge in [-0.1, -0.05) is 24.3 Å². The van der Waals surface area contributed by atoms with E-state index in [-0.39, 0.29) is 5.75 Å². The number of benzene rings is 2. The number of hydrogen-bond acceptors (Lipinski definition) is 4. The number of aromatic nitrogens is 2. The normalized spacial score (nSPS) is 10.7. The fraction of sp³-hybridized carbons (Fsp3) is 0.125. The van der Waals surface area contributed by atoms with E-state index in [9.17, 15) is 5.11 Å². The lowest BCUT2D eigenvalue weighted by molar-refractivity contribution is 0.477. The van der Waals surface area contributed by atoms with E-state index < -0.39 is 0 Å². The second kappa shape index (κ2) is 5.17. The van der Waals surface area contributed by atoms with Crippen molar-refractivity contribution in [1.29, 1.82) is 0 Å². The van der Waals surface area contributed by atoms with Crippen LogP contribution < -0.4 is 5.32 Å². The average molecular weight is 265 g/mol. The molecule has 4 nitrogen and oxygen atoms in total. The van der Waals surface area contributed by atoms with Gasteiger partial charge in [-0.15, -0.1) is 0 Å². The lowest BCUT2D eigenvalue weighted by Gasteiger charge is -2.10. The van der Waals surface area contributed by atoms with Gasteiger partial charge in [-0.25, -0.2) is 9.97 Å². The zero-order valence-electron chi connectivity index (χ0n) is 11.2. The number of anilines is 1. The molecule has 3 rings (SSSR count). The van der Waals surface area contributed by atoms with Crippen molar-refractivity contribution in [1.82, 2.24) is 9.97 Å². The first kappa shape index (κ1) is 12.4. The third kappa shape index (κ3) is 2.16. The van der Waals surface area contributed by atoms with Gasteiger partial charge in [-0.2, -0.15) is 0 Å². The average Bonchev–Trinajstić information content (AvgIpc) is 2.48. The smallest absolute Gasteiger partial charge is 0.165 e. The Bertz CT molecular complexity index is 756. The largest absolute Gasteiger partial charge is 0.507 e. The molecule has 0 unspecified atom stereocenters. The highest BCUT2D eigenvalue weighted by atomic mass is 16.3. The number of rotatable bonds is 3. The fourth-order valence-electron chi connectivity index (χ4n) is 2.16. The second-order valence-corrected chi connectivity index (χ2v) is 4.46. The summed E-state index contributed by atoms with van der Waals surface area (Å²) in [6, 6.07) is 14.9. The summed E-state index contributed by atoms with van der Waals surface area (Å²) in [6.45, 7) is 2.80.